The van der Waals surface area contributed by atoms with Crippen molar-refractivity contribution in [1.29, 1.82) is 0 Å². The van der Waals surface area contributed by atoms with Gasteiger partial charge in [0, 0.05) is 49.4 Å². The first kappa shape index (κ1) is 18.5. The van der Waals surface area contributed by atoms with Crippen molar-refractivity contribution < 1.29 is 9.13 Å². The highest BCUT2D eigenvalue weighted by Crippen LogP contribution is 2.58. The highest BCUT2D eigenvalue weighted by atomic mass is 19.1. The van der Waals surface area contributed by atoms with Crippen LogP contribution in [-0.4, -0.2) is 41.6 Å². The van der Waals surface area contributed by atoms with Gasteiger partial charge in [-0.2, -0.15) is 9.97 Å². The molecule has 0 radical (unpaired) electrons. The number of pyridine rings is 1. The lowest BCUT2D eigenvalue weighted by Gasteiger charge is -2.24. The Labute approximate surface area is 179 Å². The van der Waals surface area contributed by atoms with Gasteiger partial charge in [0.05, 0.1) is 11.9 Å². The van der Waals surface area contributed by atoms with Crippen molar-refractivity contribution in [1.82, 2.24) is 15.0 Å². The largest absolute Gasteiger partial charge is 0.423 e. The van der Waals surface area contributed by atoms with Crippen LogP contribution >= 0.6 is 0 Å². The molecule has 2 fully saturated rings. The number of nitrogens with zero attached hydrogens (tertiary/aromatic N) is 4. The van der Waals surface area contributed by atoms with Gasteiger partial charge in [-0.3, -0.25) is 4.98 Å². The molecule has 3 heterocycles. The maximum Gasteiger partial charge on any atom is 0.324 e. The summed E-state index contributed by atoms with van der Waals surface area (Å²) in [6, 6.07) is 7.02. The zero-order valence-corrected chi connectivity index (χ0v) is 17.2. The van der Waals surface area contributed by atoms with Gasteiger partial charge in [0.25, 0.3) is 0 Å². The third kappa shape index (κ3) is 2.85. The minimum Gasteiger partial charge on any atom is -0.423 e. The normalized spacial score (nSPS) is 22.7. The molecule has 7 nitrogen and oxygen atoms in total. The van der Waals surface area contributed by atoms with Crippen LogP contribution in [0.2, 0.25) is 0 Å². The quantitative estimate of drug-likeness (QED) is 0.514. The summed E-state index contributed by atoms with van der Waals surface area (Å²) in [5, 5.41) is 3.12. The molecular weight excluding hydrogens is 395 g/mol. The van der Waals surface area contributed by atoms with Crippen LogP contribution in [0.4, 0.5) is 15.9 Å². The molecule has 3 N–H and O–H groups in total. The molecule has 1 aromatic carbocycles. The summed E-state index contributed by atoms with van der Waals surface area (Å²) < 4.78 is 20.4. The number of aromatic nitrogens is 3. The Morgan fingerprint density at radius 2 is 2.26 bits per heavy atom. The van der Waals surface area contributed by atoms with E-state index in [1.807, 2.05) is 6.07 Å². The highest BCUT2D eigenvalue weighted by Gasteiger charge is 2.59. The molecule has 31 heavy (non-hydrogen) atoms. The first-order valence-corrected chi connectivity index (χ1v) is 10.5. The minimum atomic E-state index is -0.278. The Kier molecular flexibility index (Phi) is 3.95. The van der Waals surface area contributed by atoms with Crippen molar-refractivity contribution in [2.45, 2.75) is 12.8 Å². The second-order valence-corrected chi connectivity index (χ2v) is 8.70. The molecule has 2 unspecified atom stereocenters. The second kappa shape index (κ2) is 6.62. The number of anilines is 2. The van der Waals surface area contributed by atoms with E-state index in [2.05, 4.69) is 15.2 Å². The third-order valence-electron chi connectivity index (χ3n) is 6.90. The Hall–Kier alpha value is -3.26. The minimum absolute atomic E-state index is 0.182. The van der Waals surface area contributed by atoms with Crippen LogP contribution in [0.15, 0.2) is 36.7 Å². The molecule has 1 saturated carbocycles. The lowest BCUT2D eigenvalue weighted by molar-refractivity contribution is 0.438. The predicted molar refractivity (Wildman–Crippen MR) is 116 cm³/mol. The number of piperidine rings is 1. The molecule has 2 aromatic heterocycles. The Balaban J connectivity index is 1.48. The van der Waals surface area contributed by atoms with Gasteiger partial charge in [-0.25, -0.2) is 4.39 Å². The van der Waals surface area contributed by atoms with E-state index in [4.69, 9.17) is 20.4 Å². The van der Waals surface area contributed by atoms with Crippen molar-refractivity contribution in [2.24, 2.45) is 17.1 Å². The Morgan fingerprint density at radius 3 is 3.00 bits per heavy atom. The summed E-state index contributed by atoms with van der Waals surface area (Å²) in [5.41, 5.74) is 10.7. The van der Waals surface area contributed by atoms with E-state index in [1.54, 1.807) is 31.6 Å². The zero-order valence-electron chi connectivity index (χ0n) is 17.2. The number of nitrogens with two attached hydrogens (primary N) is 1. The Bertz CT molecular complexity index is 1180. The van der Waals surface area contributed by atoms with Crippen LogP contribution in [-0.2, 0) is 6.42 Å². The lowest BCUT2D eigenvalue weighted by Crippen LogP contribution is -2.29. The predicted octanol–water partition coefficient (Wildman–Crippen LogP) is 3.20. The summed E-state index contributed by atoms with van der Waals surface area (Å²) in [5.74, 6) is 1.69. The van der Waals surface area contributed by atoms with Crippen molar-refractivity contribution in [3.63, 3.8) is 0 Å². The fraction of sp³-hybridized carbons (Fsp3) is 0.348. The molecule has 6 rings (SSSR count). The third-order valence-corrected chi connectivity index (χ3v) is 6.90. The van der Waals surface area contributed by atoms with Crippen LogP contribution in [0.3, 0.4) is 0 Å². The molecule has 1 saturated heterocycles. The maximum absolute atomic E-state index is 14.4. The summed E-state index contributed by atoms with van der Waals surface area (Å²) in [6.45, 7) is 2.43. The van der Waals surface area contributed by atoms with Crippen LogP contribution < -0.4 is 20.7 Å². The fourth-order valence-electron chi connectivity index (χ4n) is 5.17. The van der Waals surface area contributed by atoms with E-state index < -0.39 is 0 Å². The van der Waals surface area contributed by atoms with Crippen LogP contribution in [0.5, 0.6) is 11.8 Å². The summed E-state index contributed by atoms with van der Waals surface area (Å²) in [7, 11) is 1.81. The van der Waals surface area contributed by atoms with Gasteiger partial charge in [0.1, 0.15) is 17.4 Å². The number of benzene rings is 1. The van der Waals surface area contributed by atoms with Crippen LogP contribution in [0.25, 0.3) is 11.1 Å². The lowest BCUT2D eigenvalue weighted by atomic mass is 10.0. The fourth-order valence-corrected chi connectivity index (χ4v) is 5.17. The first-order valence-electron chi connectivity index (χ1n) is 10.5. The number of hydrogen-bond acceptors (Lipinski definition) is 7. The smallest absolute Gasteiger partial charge is 0.324 e. The topological polar surface area (TPSA) is 89.2 Å². The molecule has 0 amide bonds. The molecule has 0 spiro atoms. The number of hydrogen-bond donors (Lipinski definition) is 2. The van der Waals surface area contributed by atoms with Gasteiger partial charge in [-0.15, -0.1) is 0 Å². The molecule has 2 aliphatic carbocycles. The van der Waals surface area contributed by atoms with E-state index in [9.17, 15) is 4.39 Å². The highest BCUT2D eigenvalue weighted by molar-refractivity contribution is 5.88. The van der Waals surface area contributed by atoms with E-state index in [1.165, 1.54) is 12.5 Å². The number of ether oxygens (including phenoxy) is 1. The van der Waals surface area contributed by atoms with Crippen molar-refractivity contribution in [3.8, 4) is 22.9 Å². The Morgan fingerprint density at radius 1 is 1.35 bits per heavy atom. The molecular formula is C23H23FN6O. The van der Waals surface area contributed by atoms with Gasteiger partial charge in [0.15, 0.2) is 0 Å². The van der Waals surface area contributed by atoms with E-state index in [0.29, 0.717) is 24.6 Å². The van der Waals surface area contributed by atoms with Gasteiger partial charge in [-0.05, 0) is 54.3 Å². The standard InChI is InChI=1S/C23H23FN6O/c1-26-18-6-14(24)5-17-16(18)7-19-20(17)21(30-10-13-8-23(13,11-25)12-30)29-22(28-19)31-15-3-2-4-27-9-15/h2-6,9,13,26H,7-8,10-12,25H2,1H3. The van der Waals surface area contributed by atoms with Crippen molar-refractivity contribution >= 4 is 11.5 Å². The molecule has 158 valence electrons. The van der Waals surface area contributed by atoms with Gasteiger partial charge in [-0.1, -0.05) is 0 Å². The van der Waals surface area contributed by atoms with Crippen LogP contribution in [0.1, 0.15) is 17.7 Å². The first-order chi connectivity index (χ1) is 15.1. The zero-order chi connectivity index (χ0) is 21.2. The molecule has 3 aliphatic rings. The molecule has 0 bridgehead atoms. The SMILES string of the molecule is CNc1cc(F)cc2c1Cc1nc(Oc3cccnc3)nc(N3CC4CC4(CN)C3)c1-2. The molecule has 8 heteroatoms. The molecule has 2 atom stereocenters. The molecule has 1 aliphatic heterocycles. The van der Waals surface area contributed by atoms with Gasteiger partial charge >= 0.3 is 6.01 Å². The monoisotopic (exact) mass is 418 g/mol. The van der Waals surface area contributed by atoms with Crippen LogP contribution in [0, 0.1) is 17.2 Å². The summed E-state index contributed by atoms with van der Waals surface area (Å²) in [6.07, 6.45) is 5.09. The number of rotatable bonds is 5. The van der Waals surface area contributed by atoms with E-state index in [-0.39, 0.29) is 17.2 Å². The number of nitrogens with one attached hydrogen (secondary N) is 1. The average molecular weight is 418 g/mol. The second-order valence-electron chi connectivity index (χ2n) is 8.70. The van der Waals surface area contributed by atoms with Crippen molar-refractivity contribution in [3.05, 3.63) is 53.7 Å². The summed E-state index contributed by atoms with van der Waals surface area (Å²) >= 11 is 0. The van der Waals surface area contributed by atoms with E-state index >= 15 is 0 Å². The van der Waals surface area contributed by atoms with Gasteiger partial charge in [0.2, 0.25) is 0 Å². The number of fused-ring (bicyclic) bond motifs is 4. The number of halogens is 1. The van der Waals surface area contributed by atoms with E-state index in [0.717, 1.165) is 47.0 Å². The maximum atomic E-state index is 14.4. The van der Waals surface area contributed by atoms with Crippen molar-refractivity contribution in [2.75, 3.05) is 36.9 Å². The summed E-state index contributed by atoms with van der Waals surface area (Å²) in [4.78, 5) is 15.9. The molecule has 3 aromatic rings. The van der Waals surface area contributed by atoms with Gasteiger partial charge < -0.3 is 20.7 Å². The average Bonchev–Trinajstić information content (AvgIpc) is 3.14.